The van der Waals surface area contributed by atoms with Crippen molar-refractivity contribution < 1.29 is 17.6 Å². The minimum Gasteiger partial charge on any atom is -0.306 e. The van der Waals surface area contributed by atoms with Gasteiger partial charge in [0, 0.05) is 48.4 Å². The molecule has 30 heavy (non-hydrogen) atoms. The summed E-state index contributed by atoms with van der Waals surface area (Å²) in [7, 11) is 0. The van der Waals surface area contributed by atoms with Gasteiger partial charge >= 0.3 is 0 Å². The number of halogens is 4. The average molecular weight is 416 g/mol. The first kappa shape index (κ1) is 22.0. The Kier molecular flexibility index (Phi) is 7.24. The lowest BCUT2D eigenvalue weighted by molar-refractivity contribution is 0.515. The minimum absolute atomic E-state index is 0.265. The zero-order valence-electron chi connectivity index (χ0n) is 16.9. The van der Waals surface area contributed by atoms with E-state index in [0.29, 0.717) is 24.2 Å². The van der Waals surface area contributed by atoms with E-state index >= 15 is 0 Å². The second-order valence-electron chi connectivity index (χ2n) is 7.35. The number of nitrogens with one attached hydrogen (secondary N) is 2. The molecule has 0 aromatic heterocycles. The summed E-state index contributed by atoms with van der Waals surface area (Å²) in [5.74, 6) is -2.32. The molecule has 2 atom stereocenters. The van der Waals surface area contributed by atoms with Crippen LogP contribution in [0.25, 0.3) is 0 Å². The van der Waals surface area contributed by atoms with Crippen LogP contribution in [0.1, 0.15) is 48.2 Å². The maximum atomic E-state index is 13.9. The highest BCUT2D eigenvalue weighted by Gasteiger charge is 2.12. The zero-order valence-corrected chi connectivity index (χ0v) is 16.9. The Hall–Kier alpha value is -2.70. The standard InChI is InChI=1S/C24H24F4N2/c1-15(21-9-7-19(25)11-23(21)27)29-13-17-3-5-18(6-4-17)14-30-16(2)22-10-8-20(26)12-24(22)28/h3-12,15-16,29-30H,13-14H2,1-2H3/t15-,16-/m1/s1. The molecule has 3 aromatic carbocycles. The van der Waals surface area contributed by atoms with Gasteiger partial charge in [0.15, 0.2) is 0 Å². The number of benzene rings is 3. The van der Waals surface area contributed by atoms with Gasteiger partial charge in [-0.05, 0) is 37.1 Å². The molecule has 0 aliphatic heterocycles. The van der Waals surface area contributed by atoms with E-state index in [1.54, 1.807) is 0 Å². The maximum absolute atomic E-state index is 13.9. The molecule has 3 rings (SSSR count). The first-order valence-electron chi connectivity index (χ1n) is 9.78. The largest absolute Gasteiger partial charge is 0.306 e. The predicted octanol–water partition coefficient (Wildman–Crippen LogP) is 5.94. The summed E-state index contributed by atoms with van der Waals surface area (Å²) < 4.78 is 53.8. The van der Waals surface area contributed by atoms with Crippen LogP contribution in [0.3, 0.4) is 0 Å². The van der Waals surface area contributed by atoms with Crippen LogP contribution in [0, 0.1) is 23.3 Å². The lowest BCUT2D eigenvalue weighted by atomic mass is 10.1. The topological polar surface area (TPSA) is 24.1 Å². The van der Waals surface area contributed by atoms with E-state index < -0.39 is 23.3 Å². The Labute approximate surface area is 173 Å². The molecule has 3 aromatic rings. The summed E-state index contributed by atoms with van der Waals surface area (Å²) in [4.78, 5) is 0. The SMILES string of the molecule is C[C@@H](NCc1ccc(CN[C@H](C)c2ccc(F)cc2F)cc1)c1ccc(F)cc1F. The van der Waals surface area contributed by atoms with E-state index in [1.807, 2.05) is 38.1 Å². The summed E-state index contributed by atoms with van der Waals surface area (Å²) in [6, 6.07) is 14.5. The average Bonchev–Trinajstić information content (AvgIpc) is 2.71. The van der Waals surface area contributed by atoms with Crippen molar-refractivity contribution in [1.29, 1.82) is 0 Å². The molecule has 2 nitrogen and oxygen atoms in total. The molecule has 0 amide bonds. The van der Waals surface area contributed by atoms with E-state index in [0.717, 1.165) is 23.3 Å². The Morgan fingerprint density at radius 3 is 1.30 bits per heavy atom. The number of hydrogen-bond acceptors (Lipinski definition) is 2. The first-order chi connectivity index (χ1) is 14.3. The van der Waals surface area contributed by atoms with Gasteiger partial charge in [0.05, 0.1) is 0 Å². The summed E-state index contributed by atoms with van der Waals surface area (Å²) >= 11 is 0. The van der Waals surface area contributed by atoms with E-state index in [4.69, 9.17) is 0 Å². The molecule has 0 fully saturated rings. The van der Waals surface area contributed by atoms with Crippen molar-refractivity contribution in [2.75, 3.05) is 0 Å². The normalized spacial score (nSPS) is 13.3. The molecule has 158 valence electrons. The van der Waals surface area contributed by atoms with Crippen molar-refractivity contribution in [2.24, 2.45) is 0 Å². The summed E-state index contributed by atoms with van der Waals surface area (Å²) in [6.07, 6.45) is 0. The molecule has 0 bridgehead atoms. The van der Waals surface area contributed by atoms with Crippen LogP contribution >= 0.6 is 0 Å². The van der Waals surface area contributed by atoms with Gasteiger partial charge in [-0.25, -0.2) is 17.6 Å². The second-order valence-corrected chi connectivity index (χ2v) is 7.35. The molecular formula is C24H24F4N2. The Morgan fingerprint density at radius 1 is 0.600 bits per heavy atom. The van der Waals surface area contributed by atoms with E-state index in [2.05, 4.69) is 10.6 Å². The minimum atomic E-state index is -0.593. The zero-order chi connectivity index (χ0) is 21.7. The first-order valence-corrected chi connectivity index (χ1v) is 9.78. The molecule has 0 saturated carbocycles. The quantitative estimate of drug-likeness (QED) is 0.444. The second kappa shape index (κ2) is 9.87. The molecule has 0 saturated heterocycles. The number of rotatable bonds is 8. The molecule has 0 radical (unpaired) electrons. The van der Waals surface area contributed by atoms with Crippen LogP contribution in [-0.2, 0) is 13.1 Å². The third-order valence-corrected chi connectivity index (χ3v) is 5.11. The molecule has 0 aliphatic rings. The lowest BCUT2D eigenvalue weighted by Crippen LogP contribution is -2.20. The highest BCUT2D eigenvalue weighted by Crippen LogP contribution is 2.20. The highest BCUT2D eigenvalue weighted by molar-refractivity contribution is 5.25. The van der Waals surface area contributed by atoms with Crippen molar-refractivity contribution in [1.82, 2.24) is 10.6 Å². The van der Waals surface area contributed by atoms with Crippen LogP contribution in [-0.4, -0.2) is 0 Å². The van der Waals surface area contributed by atoms with Crippen LogP contribution < -0.4 is 10.6 Å². The van der Waals surface area contributed by atoms with Crippen LogP contribution in [0.4, 0.5) is 17.6 Å². The van der Waals surface area contributed by atoms with Crippen molar-refractivity contribution in [3.63, 3.8) is 0 Å². The van der Waals surface area contributed by atoms with Crippen molar-refractivity contribution >= 4 is 0 Å². The number of hydrogen-bond donors (Lipinski definition) is 2. The van der Waals surface area contributed by atoms with Crippen LogP contribution in [0.2, 0.25) is 0 Å². The Morgan fingerprint density at radius 2 is 0.967 bits per heavy atom. The molecule has 0 aliphatic carbocycles. The van der Waals surface area contributed by atoms with Crippen LogP contribution in [0.5, 0.6) is 0 Å². The van der Waals surface area contributed by atoms with Gasteiger partial charge < -0.3 is 10.6 Å². The summed E-state index contributed by atoms with van der Waals surface area (Å²) in [6.45, 7) is 4.71. The Bertz CT molecular complexity index is 908. The smallest absolute Gasteiger partial charge is 0.130 e. The Balaban J connectivity index is 1.52. The molecule has 0 heterocycles. The molecule has 0 spiro atoms. The molecule has 0 unspecified atom stereocenters. The summed E-state index contributed by atoms with van der Waals surface area (Å²) in [5.41, 5.74) is 2.87. The van der Waals surface area contributed by atoms with E-state index in [-0.39, 0.29) is 12.1 Å². The van der Waals surface area contributed by atoms with Gasteiger partial charge in [0.2, 0.25) is 0 Å². The van der Waals surface area contributed by atoms with E-state index in [1.165, 1.54) is 24.3 Å². The predicted molar refractivity (Wildman–Crippen MR) is 110 cm³/mol. The van der Waals surface area contributed by atoms with Gasteiger partial charge in [-0.15, -0.1) is 0 Å². The highest BCUT2D eigenvalue weighted by atomic mass is 19.1. The fourth-order valence-electron chi connectivity index (χ4n) is 3.24. The van der Waals surface area contributed by atoms with Gasteiger partial charge in [-0.3, -0.25) is 0 Å². The lowest BCUT2D eigenvalue weighted by Gasteiger charge is -2.16. The molecular weight excluding hydrogens is 392 g/mol. The van der Waals surface area contributed by atoms with E-state index in [9.17, 15) is 17.6 Å². The summed E-state index contributed by atoms with van der Waals surface area (Å²) in [5, 5.41) is 6.45. The van der Waals surface area contributed by atoms with Crippen molar-refractivity contribution in [3.8, 4) is 0 Å². The third kappa shape index (κ3) is 5.68. The van der Waals surface area contributed by atoms with Gasteiger partial charge in [-0.2, -0.15) is 0 Å². The van der Waals surface area contributed by atoms with Gasteiger partial charge in [0.1, 0.15) is 23.3 Å². The van der Waals surface area contributed by atoms with Gasteiger partial charge in [0.25, 0.3) is 0 Å². The fraction of sp³-hybridized carbons (Fsp3) is 0.250. The molecule has 6 heteroatoms. The maximum Gasteiger partial charge on any atom is 0.130 e. The fourth-order valence-corrected chi connectivity index (χ4v) is 3.24. The van der Waals surface area contributed by atoms with Crippen molar-refractivity contribution in [3.05, 3.63) is 106 Å². The van der Waals surface area contributed by atoms with Gasteiger partial charge in [-0.1, -0.05) is 36.4 Å². The van der Waals surface area contributed by atoms with Crippen molar-refractivity contribution in [2.45, 2.75) is 39.0 Å². The third-order valence-electron chi connectivity index (χ3n) is 5.11. The van der Waals surface area contributed by atoms with Crippen LogP contribution in [0.15, 0.2) is 60.7 Å². The molecule has 2 N–H and O–H groups in total. The monoisotopic (exact) mass is 416 g/mol.